The van der Waals surface area contributed by atoms with Gasteiger partial charge in [0.25, 0.3) is 0 Å². The number of carbonyl (C=O) groups is 2. The van der Waals surface area contributed by atoms with E-state index in [1.807, 2.05) is 30.3 Å². The zero-order chi connectivity index (χ0) is 38.5. The monoisotopic (exact) mass is 755 g/mol. The van der Waals surface area contributed by atoms with Gasteiger partial charge in [0.15, 0.2) is 19.7 Å². The number of sulfone groups is 2. The van der Waals surface area contributed by atoms with E-state index in [4.69, 9.17) is 0 Å². The smallest absolute Gasteiger partial charge is 0.310 e. The van der Waals surface area contributed by atoms with Crippen LogP contribution in [0.2, 0.25) is 0 Å². The van der Waals surface area contributed by atoms with E-state index in [1.54, 1.807) is 37.4 Å². The van der Waals surface area contributed by atoms with E-state index in [-0.39, 0.29) is 15.6 Å². The number of nitrogens with one attached hydrogen (secondary N) is 2. The third-order valence-electron chi connectivity index (χ3n) is 8.07. The molecule has 0 spiro atoms. The highest BCUT2D eigenvalue weighted by molar-refractivity contribution is 7.94. The number of aryl methyl sites for hydroxylation is 1. The highest BCUT2D eigenvalue weighted by atomic mass is 32.2. The summed E-state index contributed by atoms with van der Waals surface area (Å²) >= 11 is 0. The van der Waals surface area contributed by atoms with Gasteiger partial charge in [-0.2, -0.15) is 18.3 Å². The summed E-state index contributed by atoms with van der Waals surface area (Å²) in [6, 6.07) is 28.4. The summed E-state index contributed by atoms with van der Waals surface area (Å²) in [7, 11) is -6.17. The van der Waals surface area contributed by atoms with Crippen LogP contribution in [0.15, 0.2) is 125 Å². The first kappa shape index (κ1) is 39.4. The molecule has 0 fully saturated rings. The molecule has 52 heavy (non-hydrogen) atoms. The fourth-order valence-corrected chi connectivity index (χ4v) is 7.34. The number of carbonyl (C=O) groups excluding carboxylic acids is 2. The first-order valence-electron chi connectivity index (χ1n) is 15.5. The fourth-order valence-electron chi connectivity index (χ4n) is 4.54. The van der Waals surface area contributed by atoms with Crippen LogP contribution in [0.25, 0.3) is 11.3 Å². The number of benzene rings is 3. The van der Waals surface area contributed by atoms with Crippen molar-refractivity contribution in [3.8, 4) is 11.3 Å². The molecule has 16 heteroatoms. The van der Waals surface area contributed by atoms with Gasteiger partial charge in [0.2, 0.25) is 11.8 Å². The molecule has 274 valence electrons. The Bertz CT molecular complexity index is 2240. The van der Waals surface area contributed by atoms with Crippen LogP contribution < -0.4 is 10.6 Å². The third kappa shape index (κ3) is 8.40. The average Bonchev–Trinajstić information content (AvgIpc) is 3.48. The van der Waals surface area contributed by atoms with Gasteiger partial charge in [-0.05, 0) is 64.1 Å². The molecule has 0 atom stereocenters. The highest BCUT2D eigenvalue weighted by Crippen LogP contribution is 2.31. The number of rotatable bonds is 9. The lowest BCUT2D eigenvalue weighted by Gasteiger charge is -2.23. The molecule has 2 aromatic heterocycles. The molecule has 0 saturated carbocycles. The summed E-state index contributed by atoms with van der Waals surface area (Å²) in [4.78, 5) is 28.8. The Morgan fingerprint density at radius 3 is 1.52 bits per heavy atom. The van der Waals surface area contributed by atoms with Crippen LogP contribution in [0, 0.1) is 0 Å². The fraction of sp³-hybridized carbons (Fsp3) is 0.222. The van der Waals surface area contributed by atoms with Crippen LogP contribution in [0.3, 0.4) is 0 Å². The summed E-state index contributed by atoms with van der Waals surface area (Å²) in [5, 5.41) is 9.33. The number of aromatic nitrogens is 3. The minimum atomic E-state index is -4.55. The molecule has 0 bridgehead atoms. The maximum atomic E-state index is 12.9. The largest absolute Gasteiger partial charge is 0.417 e. The summed E-state index contributed by atoms with van der Waals surface area (Å²) in [5.74, 6) is -1.26. The molecule has 0 radical (unpaired) electrons. The number of hydrogen-bond acceptors (Lipinski definition) is 8. The Hall–Kier alpha value is -5.35. The van der Waals surface area contributed by atoms with Crippen LogP contribution in [-0.2, 0) is 42.5 Å². The second-order valence-corrected chi connectivity index (χ2v) is 17.4. The second-order valence-electron chi connectivity index (χ2n) is 12.4. The molecule has 5 aromatic rings. The predicted octanol–water partition coefficient (Wildman–Crippen LogP) is 6.57. The predicted molar refractivity (Wildman–Crippen MR) is 191 cm³/mol. The van der Waals surface area contributed by atoms with Crippen LogP contribution >= 0.6 is 0 Å². The zero-order valence-corrected chi connectivity index (χ0v) is 30.3. The first-order valence-corrected chi connectivity index (χ1v) is 18.5. The van der Waals surface area contributed by atoms with Crippen molar-refractivity contribution in [1.82, 2.24) is 14.8 Å². The lowest BCUT2D eigenvalue weighted by molar-refractivity contribution is -0.137. The zero-order valence-electron chi connectivity index (χ0n) is 28.7. The molecular weight excluding hydrogens is 720 g/mol. The lowest BCUT2D eigenvalue weighted by Crippen LogP contribution is -2.44. The second kappa shape index (κ2) is 15.1. The van der Waals surface area contributed by atoms with Crippen LogP contribution in [0.1, 0.15) is 33.3 Å². The Balaban J connectivity index is 0.000000234. The van der Waals surface area contributed by atoms with Gasteiger partial charge in [-0.15, -0.1) is 0 Å². The Labute approximate surface area is 299 Å². The molecule has 2 N–H and O–H groups in total. The minimum absolute atomic E-state index is 0.0319. The van der Waals surface area contributed by atoms with Crippen molar-refractivity contribution in [2.75, 3.05) is 10.6 Å². The molecule has 0 aliphatic rings. The van der Waals surface area contributed by atoms with E-state index in [0.717, 1.165) is 17.7 Å². The molecule has 0 unspecified atom stereocenters. The van der Waals surface area contributed by atoms with Gasteiger partial charge >= 0.3 is 6.18 Å². The number of amides is 2. The SMILES string of the molecule is CC(C)(C(=O)Nc1ccc(C(F)(F)F)cn1)S(=O)(=O)c1ccccc1.Cn1nc(-c2ccccc2)cc1NC(=O)C(C)(C)S(=O)(=O)c1ccccc1. The van der Waals surface area contributed by atoms with Crippen molar-refractivity contribution < 1.29 is 39.6 Å². The lowest BCUT2D eigenvalue weighted by atomic mass is 10.1. The molecule has 0 saturated heterocycles. The normalized spacial score (nSPS) is 12.3. The number of pyridine rings is 1. The molecule has 3 aromatic carbocycles. The first-order chi connectivity index (χ1) is 24.2. The van der Waals surface area contributed by atoms with Gasteiger partial charge in [-0.25, -0.2) is 21.8 Å². The van der Waals surface area contributed by atoms with Crippen molar-refractivity contribution in [2.24, 2.45) is 7.05 Å². The highest BCUT2D eigenvalue weighted by Gasteiger charge is 2.44. The van der Waals surface area contributed by atoms with E-state index in [9.17, 15) is 39.6 Å². The molecule has 0 aliphatic heterocycles. The Morgan fingerprint density at radius 2 is 1.10 bits per heavy atom. The Kier molecular flexibility index (Phi) is 11.4. The van der Waals surface area contributed by atoms with Crippen LogP contribution in [0.5, 0.6) is 0 Å². The topological polar surface area (TPSA) is 157 Å². The standard InChI is InChI=1S/C20H21N3O3S.C16H15F3N2O3S/c1-20(2,27(25,26)16-12-8-5-9-13-16)19(24)21-18-14-17(22-23(18)3)15-10-6-4-7-11-15;1-15(2,25(23,24)12-6-4-3-5-7-12)14(22)21-13-9-8-11(10-20-13)16(17,18)19/h4-14H,1-3H3,(H,21,24);3-10H,1-2H3,(H,20,21,22). The summed E-state index contributed by atoms with van der Waals surface area (Å²) in [6.07, 6.45) is -3.99. The number of anilines is 2. The maximum Gasteiger partial charge on any atom is 0.417 e. The third-order valence-corrected chi connectivity index (χ3v) is 12.9. The van der Waals surface area contributed by atoms with E-state index in [0.29, 0.717) is 17.7 Å². The van der Waals surface area contributed by atoms with Crippen molar-refractivity contribution >= 4 is 43.1 Å². The van der Waals surface area contributed by atoms with Gasteiger partial charge in [0.1, 0.15) is 21.1 Å². The molecule has 2 amide bonds. The summed E-state index contributed by atoms with van der Waals surface area (Å²) in [5.41, 5.74) is 0.628. The van der Waals surface area contributed by atoms with Gasteiger partial charge in [-0.3, -0.25) is 14.3 Å². The van der Waals surface area contributed by atoms with Gasteiger partial charge < -0.3 is 10.6 Å². The number of alkyl halides is 3. The maximum absolute atomic E-state index is 12.9. The molecule has 5 rings (SSSR count). The van der Waals surface area contributed by atoms with Gasteiger partial charge in [0, 0.05) is 24.9 Å². The number of nitrogens with zero attached hydrogens (tertiary/aromatic N) is 3. The number of hydrogen-bond donors (Lipinski definition) is 2. The van der Waals surface area contributed by atoms with Crippen molar-refractivity contribution in [3.05, 3.63) is 121 Å². The van der Waals surface area contributed by atoms with Crippen molar-refractivity contribution in [3.63, 3.8) is 0 Å². The molecule has 0 aliphatic carbocycles. The minimum Gasteiger partial charge on any atom is -0.310 e. The van der Waals surface area contributed by atoms with Crippen LogP contribution in [0.4, 0.5) is 24.8 Å². The summed E-state index contributed by atoms with van der Waals surface area (Å²) in [6.45, 7) is 5.24. The molecular formula is C36H36F3N5O6S2. The number of halogens is 3. The van der Waals surface area contributed by atoms with E-state index in [1.165, 1.54) is 68.8 Å². The van der Waals surface area contributed by atoms with Crippen molar-refractivity contribution in [1.29, 1.82) is 0 Å². The van der Waals surface area contributed by atoms with Crippen LogP contribution in [-0.4, -0.2) is 52.9 Å². The van der Waals surface area contributed by atoms with E-state index < -0.39 is 52.7 Å². The Morgan fingerprint density at radius 1 is 0.654 bits per heavy atom. The summed E-state index contributed by atoms with van der Waals surface area (Å²) < 4.78 is 86.7. The molecule has 11 nitrogen and oxygen atoms in total. The van der Waals surface area contributed by atoms with E-state index >= 15 is 0 Å². The average molecular weight is 756 g/mol. The van der Waals surface area contributed by atoms with Gasteiger partial charge in [0.05, 0.1) is 21.0 Å². The molecule has 2 heterocycles. The van der Waals surface area contributed by atoms with E-state index in [2.05, 4.69) is 20.7 Å². The quantitative estimate of drug-likeness (QED) is 0.171. The van der Waals surface area contributed by atoms with Gasteiger partial charge in [-0.1, -0.05) is 66.7 Å². The van der Waals surface area contributed by atoms with Crippen molar-refractivity contribution in [2.45, 2.75) is 53.2 Å².